The van der Waals surface area contributed by atoms with Crippen molar-refractivity contribution in [2.24, 2.45) is 11.3 Å². The third-order valence-corrected chi connectivity index (χ3v) is 9.59. The Morgan fingerprint density at radius 2 is 1.80 bits per heavy atom. The lowest BCUT2D eigenvalue weighted by atomic mass is 9.87. The number of nitrogens with zero attached hydrogens (tertiary/aromatic N) is 4. The number of hydrogen-bond donors (Lipinski definition) is 2. The number of nitrogens with one attached hydrogen (secondary N) is 1. The maximum absolute atomic E-state index is 15.0. The van der Waals surface area contributed by atoms with Gasteiger partial charge in [-0.25, -0.2) is 4.79 Å². The normalized spacial score (nSPS) is 18.9. The number of amides is 4. The van der Waals surface area contributed by atoms with Crippen LogP contribution in [0.2, 0.25) is 0 Å². The van der Waals surface area contributed by atoms with Gasteiger partial charge in [0.2, 0.25) is 11.8 Å². The molecule has 0 aliphatic carbocycles. The minimum atomic E-state index is -1.29. The summed E-state index contributed by atoms with van der Waals surface area (Å²) in [7, 11) is 2.88. The molecule has 1 saturated heterocycles. The van der Waals surface area contributed by atoms with E-state index >= 15 is 4.79 Å². The minimum Gasteiger partial charge on any atom is -0.496 e. The molecule has 0 radical (unpaired) electrons. The van der Waals surface area contributed by atoms with E-state index in [1.165, 1.54) is 16.8 Å². The summed E-state index contributed by atoms with van der Waals surface area (Å²) in [4.78, 5) is 59.8. The number of carboxylic acid groups (broad SMARTS) is 1. The first-order valence-corrected chi connectivity index (χ1v) is 16.8. The number of likely N-dealkylation sites (N-methyl/N-ethyl adjacent to an activating group) is 1. The highest BCUT2D eigenvalue weighted by Crippen LogP contribution is 2.40. The van der Waals surface area contributed by atoms with Crippen LogP contribution in [0, 0.1) is 22.7 Å². The minimum absolute atomic E-state index is 0.0150. The molecule has 2 N–H and O–H groups in total. The third kappa shape index (κ3) is 7.38. The van der Waals surface area contributed by atoms with Crippen molar-refractivity contribution in [1.29, 1.82) is 5.26 Å². The Hall–Kier alpha value is -5.15. The van der Waals surface area contributed by atoms with Crippen LogP contribution in [0.15, 0.2) is 54.6 Å². The van der Waals surface area contributed by atoms with Gasteiger partial charge >= 0.3 is 6.09 Å². The van der Waals surface area contributed by atoms with Crippen LogP contribution in [0.4, 0.5) is 16.2 Å². The average Bonchev–Trinajstić information content (AvgIpc) is 3.18. The van der Waals surface area contributed by atoms with Gasteiger partial charge in [0, 0.05) is 31.7 Å². The quantitative estimate of drug-likeness (QED) is 0.324. The fourth-order valence-electron chi connectivity index (χ4n) is 6.88. The van der Waals surface area contributed by atoms with Crippen molar-refractivity contribution in [3.05, 3.63) is 65.7 Å². The van der Waals surface area contributed by atoms with Crippen LogP contribution in [0.5, 0.6) is 5.75 Å². The second kappa shape index (κ2) is 14.8. The van der Waals surface area contributed by atoms with Gasteiger partial charge in [-0.1, -0.05) is 51.1 Å². The summed E-state index contributed by atoms with van der Waals surface area (Å²) in [6.45, 7) is 8.24. The average molecular weight is 684 g/mol. The van der Waals surface area contributed by atoms with Crippen LogP contribution in [-0.2, 0) is 25.7 Å². The van der Waals surface area contributed by atoms with E-state index in [-0.39, 0.29) is 18.9 Å². The fourth-order valence-corrected chi connectivity index (χ4v) is 6.88. The molecule has 5 rings (SSSR count). The second-order valence-electron chi connectivity index (χ2n) is 14.2. The van der Waals surface area contributed by atoms with Crippen molar-refractivity contribution in [3.63, 3.8) is 0 Å². The summed E-state index contributed by atoms with van der Waals surface area (Å²) in [5.74, 6) is -1.26. The molecular formula is C38H45N5O7. The molecule has 2 aliphatic rings. The van der Waals surface area contributed by atoms with Gasteiger partial charge in [-0.15, -0.1) is 0 Å². The van der Waals surface area contributed by atoms with Crippen molar-refractivity contribution < 1.29 is 33.8 Å². The zero-order valence-electron chi connectivity index (χ0n) is 29.4. The maximum Gasteiger partial charge on any atom is 0.407 e. The van der Waals surface area contributed by atoms with E-state index in [4.69, 9.17) is 9.47 Å². The number of carbonyl (C=O) groups excluding carboxylic acids is 3. The number of fused-ring (bicyclic) bond motifs is 2. The van der Waals surface area contributed by atoms with E-state index in [1.807, 2.05) is 57.2 Å². The SMILES string of the molecule is COc1ccc2ccccc2c1CN1C(=O)[C@@H](NC(=O)[C@H](CC(C)(C)C)N(C)C(=O)O)[C@H](C)N(C(=O)C2CCOCC2)c2cc(C#N)ccc21. The molecule has 0 aromatic heterocycles. The van der Waals surface area contributed by atoms with Crippen molar-refractivity contribution >= 4 is 46.0 Å². The van der Waals surface area contributed by atoms with E-state index in [1.54, 1.807) is 32.2 Å². The Bertz CT molecular complexity index is 1820. The largest absolute Gasteiger partial charge is 0.496 e. The summed E-state index contributed by atoms with van der Waals surface area (Å²) in [5.41, 5.74) is 1.34. The van der Waals surface area contributed by atoms with E-state index in [0.29, 0.717) is 54.3 Å². The fraction of sp³-hybridized carbons (Fsp3) is 0.447. The molecule has 12 heteroatoms. The Labute approximate surface area is 292 Å². The predicted octanol–water partition coefficient (Wildman–Crippen LogP) is 5.31. The summed E-state index contributed by atoms with van der Waals surface area (Å²) in [6.07, 6.45) is -0.139. The molecule has 3 aromatic carbocycles. The van der Waals surface area contributed by atoms with Crippen molar-refractivity contribution in [3.8, 4) is 11.8 Å². The summed E-state index contributed by atoms with van der Waals surface area (Å²) >= 11 is 0. The monoisotopic (exact) mass is 683 g/mol. The molecule has 3 atom stereocenters. The highest BCUT2D eigenvalue weighted by Gasteiger charge is 2.45. The molecule has 2 aliphatic heterocycles. The van der Waals surface area contributed by atoms with Gasteiger partial charge in [0.25, 0.3) is 5.91 Å². The molecule has 0 unspecified atom stereocenters. The van der Waals surface area contributed by atoms with E-state index < -0.39 is 47.4 Å². The molecule has 2 heterocycles. The van der Waals surface area contributed by atoms with Crippen molar-refractivity contribution in [2.75, 3.05) is 37.2 Å². The number of ether oxygens (including phenoxy) is 2. The van der Waals surface area contributed by atoms with Crippen LogP contribution in [0.3, 0.4) is 0 Å². The van der Waals surface area contributed by atoms with Crippen molar-refractivity contribution in [2.45, 2.75) is 71.6 Å². The van der Waals surface area contributed by atoms with Gasteiger partial charge in [-0.3, -0.25) is 19.3 Å². The first-order chi connectivity index (χ1) is 23.7. The van der Waals surface area contributed by atoms with E-state index in [0.717, 1.165) is 15.7 Å². The van der Waals surface area contributed by atoms with Gasteiger partial charge < -0.3 is 29.7 Å². The molecular weight excluding hydrogens is 638 g/mol. The van der Waals surface area contributed by atoms with Crippen LogP contribution in [-0.4, -0.2) is 79.3 Å². The summed E-state index contributed by atoms with van der Waals surface area (Å²) in [6, 6.07) is 15.2. The van der Waals surface area contributed by atoms with Gasteiger partial charge in [0.1, 0.15) is 17.8 Å². The van der Waals surface area contributed by atoms with Crippen LogP contribution < -0.4 is 19.9 Å². The summed E-state index contributed by atoms with van der Waals surface area (Å²) in [5, 5.41) is 24.5. The lowest BCUT2D eigenvalue weighted by molar-refractivity contribution is -0.132. The second-order valence-corrected chi connectivity index (χ2v) is 14.2. The Morgan fingerprint density at radius 1 is 1.10 bits per heavy atom. The van der Waals surface area contributed by atoms with Gasteiger partial charge in [0.05, 0.1) is 42.7 Å². The standard InChI is InChI=1S/C38H45N5O7/c1-23-33(40-34(44)31(20-38(2,3)4)41(5)37(47)48)36(46)42(22-28-27-10-8-7-9-25(27)12-14-32(28)49-6)29-13-11-24(21-39)19-30(29)43(23)35(45)26-15-17-50-18-16-26/h7-14,19,23,26,31,33H,15-18,20,22H2,1-6H3,(H,40,44)(H,47,48)/t23-,31-,33-/m0/s1. The number of nitriles is 1. The van der Waals surface area contributed by atoms with E-state index in [9.17, 15) is 24.8 Å². The van der Waals surface area contributed by atoms with E-state index in [2.05, 4.69) is 11.4 Å². The van der Waals surface area contributed by atoms with Crippen LogP contribution in [0.1, 0.15) is 58.1 Å². The summed E-state index contributed by atoms with van der Waals surface area (Å²) < 4.78 is 11.3. The number of hydrogen-bond acceptors (Lipinski definition) is 7. The van der Waals surface area contributed by atoms with Crippen LogP contribution in [0.25, 0.3) is 10.8 Å². The Morgan fingerprint density at radius 3 is 2.44 bits per heavy atom. The number of rotatable bonds is 8. The first-order valence-electron chi connectivity index (χ1n) is 16.8. The van der Waals surface area contributed by atoms with Crippen LogP contribution >= 0.6 is 0 Å². The van der Waals surface area contributed by atoms with Gasteiger partial charge in [0.15, 0.2) is 0 Å². The third-order valence-electron chi connectivity index (χ3n) is 9.59. The molecule has 3 aromatic rings. The molecule has 0 spiro atoms. The Kier molecular flexibility index (Phi) is 10.7. The lowest BCUT2D eigenvalue weighted by Gasteiger charge is -2.37. The molecule has 0 bridgehead atoms. The number of anilines is 2. The Balaban J connectivity index is 1.69. The zero-order valence-corrected chi connectivity index (χ0v) is 29.4. The highest BCUT2D eigenvalue weighted by molar-refractivity contribution is 6.10. The number of carbonyl (C=O) groups is 4. The molecule has 0 saturated carbocycles. The molecule has 4 amide bonds. The zero-order chi connectivity index (χ0) is 36.3. The number of methoxy groups -OCH3 is 1. The smallest absolute Gasteiger partial charge is 0.407 e. The molecule has 12 nitrogen and oxygen atoms in total. The molecule has 1 fully saturated rings. The topological polar surface area (TPSA) is 153 Å². The van der Waals surface area contributed by atoms with Gasteiger partial charge in [-0.2, -0.15) is 5.26 Å². The molecule has 50 heavy (non-hydrogen) atoms. The highest BCUT2D eigenvalue weighted by atomic mass is 16.5. The van der Waals surface area contributed by atoms with Crippen molar-refractivity contribution in [1.82, 2.24) is 10.2 Å². The number of benzene rings is 3. The first kappa shape index (κ1) is 36.1. The van der Waals surface area contributed by atoms with Gasteiger partial charge in [-0.05, 0) is 66.6 Å². The predicted molar refractivity (Wildman–Crippen MR) is 189 cm³/mol. The lowest BCUT2D eigenvalue weighted by Crippen LogP contribution is -2.61. The molecule has 264 valence electrons. The maximum atomic E-state index is 15.0.